The summed E-state index contributed by atoms with van der Waals surface area (Å²) in [5.41, 5.74) is 5.58. The van der Waals surface area contributed by atoms with Crippen LogP contribution in [0.5, 0.6) is 0 Å². The van der Waals surface area contributed by atoms with Gasteiger partial charge in [-0.25, -0.2) is 4.98 Å². The van der Waals surface area contributed by atoms with Crippen molar-refractivity contribution in [1.82, 2.24) is 9.55 Å². The van der Waals surface area contributed by atoms with Crippen LogP contribution in [-0.4, -0.2) is 29.2 Å². The lowest BCUT2D eigenvalue weighted by Crippen LogP contribution is -2.32. The van der Waals surface area contributed by atoms with Crippen LogP contribution in [0.2, 0.25) is 0 Å². The maximum absolute atomic E-state index is 5.58. The van der Waals surface area contributed by atoms with Crippen LogP contribution in [0.4, 0.5) is 5.95 Å². The van der Waals surface area contributed by atoms with Crippen LogP contribution < -0.4 is 10.6 Å². The zero-order chi connectivity index (χ0) is 10.4. The highest BCUT2D eigenvalue weighted by Crippen LogP contribution is 2.09. The molecule has 0 atom stereocenters. The highest BCUT2D eigenvalue weighted by Gasteiger charge is 2.08. The monoisotopic (exact) mass is 196 g/mol. The Morgan fingerprint density at radius 3 is 2.79 bits per heavy atom. The van der Waals surface area contributed by atoms with E-state index in [9.17, 15) is 0 Å². The molecule has 1 heterocycles. The molecule has 1 aromatic rings. The third-order valence-electron chi connectivity index (χ3n) is 2.26. The van der Waals surface area contributed by atoms with Gasteiger partial charge in [-0.15, -0.1) is 0 Å². The van der Waals surface area contributed by atoms with Crippen molar-refractivity contribution in [2.24, 2.45) is 12.8 Å². The molecule has 14 heavy (non-hydrogen) atoms. The molecule has 1 rings (SSSR count). The van der Waals surface area contributed by atoms with Crippen molar-refractivity contribution in [2.75, 3.05) is 24.5 Å². The molecule has 0 aliphatic rings. The summed E-state index contributed by atoms with van der Waals surface area (Å²) in [6.45, 7) is 4.79. The highest BCUT2D eigenvalue weighted by atomic mass is 15.3. The normalized spacial score (nSPS) is 10.5. The summed E-state index contributed by atoms with van der Waals surface area (Å²) in [4.78, 5) is 6.56. The topological polar surface area (TPSA) is 47.1 Å². The predicted octanol–water partition coefficient (Wildman–Crippen LogP) is 0.985. The molecule has 1 aromatic heterocycles. The smallest absolute Gasteiger partial charge is 0.205 e. The van der Waals surface area contributed by atoms with Gasteiger partial charge in [-0.05, 0) is 6.42 Å². The Balaban J connectivity index is 2.62. The summed E-state index contributed by atoms with van der Waals surface area (Å²) in [7, 11) is 2.01. The second kappa shape index (κ2) is 5.65. The van der Waals surface area contributed by atoms with Gasteiger partial charge in [0.25, 0.3) is 0 Å². The number of anilines is 1. The van der Waals surface area contributed by atoms with Crippen LogP contribution >= 0.6 is 0 Å². The lowest BCUT2D eigenvalue weighted by molar-refractivity contribution is 0.683. The molecule has 80 valence electrons. The van der Waals surface area contributed by atoms with E-state index in [0.717, 1.165) is 19.0 Å². The Morgan fingerprint density at radius 2 is 2.29 bits per heavy atom. The molecular formula is C10H20N4. The first-order valence-electron chi connectivity index (χ1n) is 5.22. The Kier molecular flexibility index (Phi) is 4.46. The van der Waals surface area contributed by atoms with Gasteiger partial charge in [0.1, 0.15) is 0 Å². The van der Waals surface area contributed by atoms with E-state index in [1.165, 1.54) is 12.8 Å². The second-order valence-corrected chi connectivity index (χ2v) is 3.47. The van der Waals surface area contributed by atoms with Crippen molar-refractivity contribution in [3.8, 4) is 0 Å². The first-order chi connectivity index (χ1) is 6.79. The number of hydrogen-bond acceptors (Lipinski definition) is 3. The molecule has 0 fully saturated rings. The molecule has 0 amide bonds. The Morgan fingerprint density at radius 1 is 1.50 bits per heavy atom. The lowest BCUT2D eigenvalue weighted by atomic mass is 10.3. The summed E-state index contributed by atoms with van der Waals surface area (Å²) < 4.78 is 2.03. The molecule has 2 N–H and O–H groups in total. The fourth-order valence-corrected chi connectivity index (χ4v) is 1.48. The molecular weight excluding hydrogens is 176 g/mol. The summed E-state index contributed by atoms with van der Waals surface area (Å²) >= 11 is 0. The average Bonchev–Trinajstić information content (AvgIpc) is 2.59. The van der Waals surface area contributed by atoms with E-state index in [0.29, 0.717) is 6.54 Å². The van der Waals surface area contributed by atoms with Crippen LogP contribution in [0, 0.1) is 0 Å². The molecule has 0 unspecified atom stereocenters. The van der Waals surface area contributed by atoms with E-state index in [1.54, 1.807) is 0 Å². The number of aromatic nitrogens is 2. The fraction of sp³-hybridized carbons (Fsp3) is 0.700. The van der Waals surface area contributed by atoms with E-state index in [4.69, 9.17) is 5.73 Å². The van der Waals surface area contributed by atoms with Crippen molar-refractivity contribution in [3.63, 3.8) is 0 Å². The van der Waals surface area contributed by atoms with Gasteiger partial charge in [0.05, 0.1) is 0 Å². The minimum atomic E-state index is 0.677. The predicted molar refractivity (Wildman–Crippen MR) is 59.4 cm³/mol. The third kappa shape index (κ3) is 2.73. The van der Waals surface area contributed by atoms with Gasteiger partial charge in [0.2, 0.25) is 5.95 Å². The zero-order valence-corrected chi connectivity index (χ0v) is 9.11. The van der Waals surface area contributed by atoms with Crippen molar-refractivity contribution < 1.29 is 0 Å². The Hall–Kier alpha value is -1.03. The fourth-order valence-electron chi connectivity index (χ4n) is 1.48. The van der Waals surface area contributed by atoms with Gasteiger partial charge in [-0.3, -0.25) is 0 Å². The van der Waals surface area contributed by atoms with Crippen LogP contribution in [0.25, 0.3) is 0 Å². The van der Waals surface area contributed by atoms with Crippen LogP contribution in [0.1, 0.15) is 19.8 Å². The molecule has 4 nitrogen and oxygen atoms in total. The lowest BCUT2D eigenvalue weighted by Gasteiger charge is -2.22. The molecule has 0 aliphatic carbocycles. The number of aryl methyl sites for hydroxylation is 1. The minimum Gasteiger partial charge on any atom is -0.341 e. The quantitative estimate of drug-likeness (QED) is 0.738. The highest BCUT2D eigenvalue weighted by molar-refractivity contribution is 5.30. The van der Waals surface area contributed by atoms with E-state index in [-0.39, 0.29) is 0 Å². The second-order valence-electron chi connectivity index (χ2n) is 3.47. The largest absolute Gasteiger partial charge is 0.341 e. The van der Waals surface area contributed by atoms with E-state index in [1.807, 2.05) is 24.0 Å². The van der Waals surface area contributed by atoms with Crippen LogP contribution in [-0.2, 0) is 7.05 Å². The number of nitrogens with zero attached hydrogens (tertiary/aromatic N) is 3. The maximum Gasteiger partial charge on any atom is 0.205 e. The number of rotatable bonds is 6. The third-order valence-corrected chi connectivity index (χ3v) is 2.26. The Bertz CT molecular complexity index is 256. The summed E-state index contributed by atoms with van der Waals surface area (Å²) in [6, 6.07) is 0. The van der Waals surface area contributed by atoms with Crippen molar-refractivity contribution >= 4 is 5.95 Å². The van der Waals surface area contributed by atoms with Gasteiger partial charge >= 0.3 is 0 Å². The van der Waals surface area contributed by atoms with Crippen LogP contribution in [0.15, 0.2) is 12.4 Å². The first-order valence-corrected chi connectivity index (χ1v) is 5.22. The van der Waals surface area contributed by atoms with Gasteiger partial charge in [0, 0.05) is 39.1 Å². The maximum atomic E-state index is 5.58. The van der Waals surface area contributed by atoms with Crippen molar-refractivity contribution in [1.29, 1.82) is 0 Å². The number of imidazole rings is 1. The van der Waals surface area contributed by atoms with E-state index >= 15 is 0 Å². The molecule has 0 aromatic carbocycles. The zero-order valence-electron chi connectivity index (χ0n) is 9.11. The number of unbranched alkanes of at least 4 members (excludes halogenated alkanes) is 1. The van der Waals surface area contributed by atoms with E-state index in [2.05, 4.69) is 16.8 Å². The molecule has 0 saturated heterocycles. The molecule has 4 heteroatoms. The number of hydrogen-bond donors (Lipinski definition) is 1. The van der Waals surface area contributed by atoms with E-state index < -0.39 is 0 Å². The van der Waals surface area contributed by atoms with Crippen molar-refractivity contribution in [2.45, 2.75) is 19.8 Å². The van der Waals surface area contributed by atoms with Crippen LogP contribution in [0.3, 0.4) is 0 Å². The van der Waals surface area contributed by atoms with Gasteiger partial charge in [-0.2, -0.15) is 0 Å². The molecule has 0 bridgehead atoms. The summed E-state index contributed by atoms with van der Waals surface area (Å²) in [6.07, 6.45) is 6.17. The minimum absolute atomic E-state index is 0.677. The molecule has 0 spiro atoms. The summed E-state index contributed by atoms with van der Waals surface area (Å²) in [5, 5.41) is 0. The molecule has 0 radical (unpaired) electrons. The number of nitrogens with two attached hydrogens (primary N) is 1. The van der Waals surface area contributed by atoms with Gasteiger partial charge in [0.15, 0.2) is 0 Å². The van der Waals surface area contributed by atoms with Gasteiger partial charge in [-0.1, -0.05) is 13.3 Å². The first kappa shape index (κ1) is 11.0. The van der Waals surface area contributed by atoms with Crippen molar-refractivity contribution in [3.05, 3.63) is 12.4 Å². The standard InChI is InChI=1S/C10H20N4/c1-3-4-7-14(8-5-11)10-12-6-9-13(10)2/h6,9H,3-5,7-8,11H2,1-2H3. The average molecular weight is 196 g/mol. The Labute approximate surface area is 85.7 Å². The molecule has 0 aliphatic heterocycles. The summed E-state index contributed by atoms with van der Waals surface area (Å²) in [5.74, 6) is 1.02. The SMILES string of the molecule is CCCCN(CCN)c1nccn1C. The van der Waals surface area contributed by atoms with Gasteiger partial charge < -0.3 is 15.2 Å². The molecule has 0 saturated carbocycles.